The van der Waals surface area contributed by atoms with Gasteiger partial charge in [0.1, 0.15) is 0 Å². The average molecular weight is 410 g/mol. The van der Waals surface area contributed by atoms with Gasteiger partial charge < -0.3 is 15.4 Å². The second-order valence-corrected chi connectivity index (χ2v) is 6.51. The summed E-state index contributed by atoms with van der Waals surface area (Å²) >= 11 is 0. The molecule has 21 heavy (non-hydrogen) atoms. The Hall–Kier alpha value is -0.0800. The fourth-order valence-corrected chi connectivity index (χ4v) is 3.14. The van der Waals surface area contributed by atoms with E-state index in [1.807, 2.05) is 0 Å². The summed E-state index contributed by atoms with van der Waals surface area (Å²) in [6.45, 7) is 12.3. The van der Waals surface area contributed by atoms with Gasteiger partial charge in [0.25, 0.3) is 0 Å². The largest absolute Gasteiger partial charge is 0.375 e. The van der Waals surface area contributed by atoms with Gasteiger partial charge in [0.05, 0.1) is 19.3 Å². The van der Waals surface area contributed by atoms with Gasteiger partial charge in [0, 0.05) is 25.7 Å². The monoisotopic (exact) mass is 410 g/mol. The predicted octanol–water partition coefficient (Wildman–Crippen LogP) is 1.76. The Kier molecular flexibility index (Phi) is 8.26. The lowest BCUT2D eigenvalue weighted by atomic mass is 10.2. The maximum Gasteiger partial charge on any atom is 0.191 e. The quantitative estimate of drug-likeness (QED) is 0.436. The number of halogens is 1. The molecule has 0 aromatic rings. The second-order valence-electron chi connectivity index (χ2n) is 6.51. The Morgan fingerprint density at radius 3 is 2.81 bits per heavy atom. The lowest BCUT2D eigenvalue weighted by Crippen LogP contribution is -2.48. The standard InChI is InChI=1S/C15H30N4O.HI/c1-12(2)10-18-6-4-5-14(18)9-17-15(16)19-7-8-20-13(3)11-19;/h12-14H,4-11H2,1-3H3,(H2,16,17);1H/t13?,14-;/m1./s1. The molecule has 0 aromatic carbocycles. The highest BCUT2D eigenvalue weighted by Gasteiger charge is 2.25. The molecule has 2 N–H and O–H groups in total. The zero-order chi connectivity index (χ0) is 14.5. The molecule has 0 spiro atoms. The molecule has 0 bridgehead atoms. The van der Waals surface area contributed by atoms with E-state index < -0.39 is 0 Å². The van der Waals surface area contributed by atoms with E-state index in [2.05, 4.69) is 35.6 Å². The lowest BCUT2D eigenvalue weighted by Gasteiger charge is -2.32. The molecule has 6 heteroatoms. The van der Waals surface area contributed by atoms with Gasteiger partial charge in [-0.1, -0.05) is 13.8 Å². The van der Waals surface area contributed by atoms with Crippen molar-refractivity contribution in [1.82, 2.24) is 9.80 Å². The molecule has 1 unspecified atom stereocenters. The molecule has 0 aliphatic carbocycles. The lowest BCUT2D eigenvalue weighted by molar-refractivity contribution is 0.00526. The van der Waals surface area contributed by atoms with Crippen LogP contribution in [0.3, 0.4) is 0 Å². The van der Waals surface area contributed by atoms with E-state index in [1.165, 1.54) is 25.9 Å². The number of nitrogens with two attached hydrogens (primary N) is 1. The summed E-state index contributed by atoms with van der Waals surface area (Å²) in [4.78, 5) is 9.37. The fourth-order valence-electron chi connectivity index (χ4n) is 3.14. The summed E-state index contributed by atoms with van der Waals surface area (Å²) in [7, 11) is 0. The second kappa shape index (κ2) is 9.15. The highest BCUT2D eigenvalue weighted by molar-refractivity contribution is 14.0. The number of morpholine rings is 1. The van der Waals surface area contributed by atoms with Crippen molar-refractivity contribution in [2.75, 3.05) is 39.3 Å². The number of ether oxygens (including phenoxy) is 1. The Morgan fingerprint density at radius 2 is 2.14 bits per heavy atom. The molecule has 2 fully saturated rings. The number of nitrogens with zero attached hydrogens (tertiary/aromatic N) is 3. The van der Waals surface area contributed by atoms with Crippen molar-refractivity contribution in [1.29, 1.82) is 0 Å². The molecule has 0 aromatic heterocycles. The van der Waals surface area contributed by atoms with Crippen molar-refractivity contribution < 1.29 is 4.74 Å². The first-order valence-corrected chi connectivity index (χ1v) is 7.96. The van der Waals surface area contributed by atoms with Crippen molar-refractivity contribution in [3.63, 3.8) is 0 Å². The zero-order valence-electron chi connectivity index (χ0n) is 13.6. The average Bonchev–Trinajstić information content (AvgIpc) is 2.82. The Labute approximate surface area is 146 Å². The smallest absolute Gasteiger partial charge is 0.191 e. The third-order valence-corrected chi connectivity index (χ3v) is 4.13. The van der Waals surface area contributed by atoms with Crippen LogP contribution in [0.1, 0.15) is 33.6 Å². The number of likely N-dealkylation sites (tertiary alicyclic amines) is 1. The molecule has 124 valence electrons. The fraction of sp³-hybridized carbons (Fsp3) is 0.933. The summed E-state index contributed by atoms with van der Waals surface area (Å²) in [5, 5.41) is 0. The molecule has 5 nitrogen and oxygen atoms in total. The highest BCUT2D eigenvalue weighted by Crippen LogP contribution is 2.19. The summed E-state index contributed by atoms with van der Waals surface area (Å²) < 4.78 is 5.54. The van der Waals surface area contributed by atoms with Crippen LogP contribution in [0.15, 0.2) is 4.99 Å². The third-order valence-electron chi connectivity index (χ3n) is 4.13. The van der Waals surface area contributed by atoms with Crippen LogP contribution < -0.4 is 5.73 Å². The maximum atomic E-state index is 6.14. The molecule has 2 aliphatic rings. The van der Waals surface area contributed by atoms with E-state index in [4.69, 9.17) is 10.5 Å². The van der Waals surface area contributed by atoms with Gasteiger partial charge in [0.15, 0.2) is 5.96 Å². The first-order valence-electron chi connectivity index (χ1n) is 7.96. The Bertz CT molecular complexity index is 338. The first-order chi connectivity index (χ1) is 9.56. The minimum absolute atomic E-state index is 0. The molecule has 0 saturated carbocycles. The van der Waals surface area contributed by atoms with E-state index >= 15 is 0 Å². The minimum atomic E-state index is 0. The maximum absolute atomic E-state index is 6.14. The van der Waals surface area contributed by atoms with Crippen molar-refractivity contribution in [3.05, 3.63) is 0 Å². The normalized spacial score (nSPS) is 28.0. The van der Waals surface area contributed by atoms with E-state index in [0.717, 1.165) is 32.2 Å². The predicted molar refractivity (Wildman–Crippen MR) is 98.3 cm³/mol. The molecular weight excluding hydrogens is 379 g/mol. The van der Waals surface area contributed by atoms with Crippen LogP contribution in [0, 0.1) is 5.92 Å². The number of guanidine groups is 1. The molecule has 2 rings (SSSR count). The summed E-state index contributed by atoms with van der Waals surface area (Å²) in [6, 6.07) is 0.578. The summed E-state index contributed by atoms with van der Waals surface area (Å²) in [6.07, 6.45) is 2.80. The SMILES string of the molecule is CC(C)CN1CCC[C@@H]1CN=C(N)N1CCOC(C)C1.I. The topological polar surface area (TPSA) is 54.1 Å². The molecule has 2 heterocycles. The highest BCUT2D eigenvalue weighted by atomic mass is 127. The van der Waals surface area contributed by atoms with Crippen LogP contribution in [-0.2, 0) is 4.74 Å². The number of hydrogen-bond acceptors (Lipinski definition) is 3. The number of rotatable bonds is 4. The van der Waals surface area contributed by atoms with Crippen LogP contribution in [0.2, 0.25) is 0 Å². The van der Waals surface area contributed by atoms with Crippen molar-refractivity contribution in [3.8, 4) is 0 Å². The van der Waals surface area contributed by atoms with E-state index in [9.17, 15) is 0 Å². The van der Waals surface area contributed by atoms with Gasteiger partial charge in [-0.2, -0.15) is 0 Å². The van der Waals surface area contributed by atoms with Crippen molar-refractivity contribution in [2.45, 2.75) is 45.8 Å². The van der Waals surface area contributed by atoms with Gasteiger partial charge in [-0.3, -0.25) is 9.89 Å². The summed E-state index contributed by atoms with van der Waals surface area (Å²) in [5.41, 5.74) is 6.14. The molecular formula is C15H31IN4O. The van der Waals surface area contributed by atoms with Gasteiger partial charge >= 0.3 is 0 Å². The van der Waals surface area contributed by atoms with Crippen LogP contribution >= 0.6 is 24.0 Å². The van der Waals surface area contributed by atoms with Gasteiger partial charge in [0.2, 0.25) is 0 Å². The van der Waals surface area contributed by atoms with Crippen LogP contribution in [0.4, 0.5) is 0 Å². The van der Waals surface area contributed by atoms with Crippen LogP contribution in [0.25, 0.3) is 0 Å². The van der Waals surface area contributed by atoms with E-state index in [0.29, 0.717) is 12.0 Å². The van der Waals surface area contributed by atoms with Crippen molar-refractivity contribution in [2.24, 2.45) is 16.6 Å². The van der Waals surface area contributed by atoms with E-state index in [1.54, 1.807) is 0 Å². The van der Waals surface area contributed by atoms with Crippen molar-refractivity contribution >= 4 is 29.9 Å². The van der Waals surface area contributed by atoms with Crippen LogP contribution in [-0.4, -0.2) is 67.2 Å². The minimum Gasteiger partial charge on any atom is -0.375 e. The number of hydrogen-bond donors (Lipinski definition) is 1. The van der Waals surface area contributed by atoms with Gasteiger partial charge in [-0.05, 0) is 32.2 Å². The van der Waals surface area contributed by atoms with Crippen LogP contribution in [0.5, 0.6) is 0 Å². The molecule has 0 radical (unpaired) electrons. The molecule has 0 amide bonds. The van der Waals surface area contributed by atoms with E-state index in [-0.39, 0.29) is 30.1 Å². The van der Waals surface area contributed by atoms with Gasteiger partial charge in [-0.15, -0.1) is 24.0 Å². The molecule has 2 saturated heterocycles. The first kappa shape index (κ1) is 19.0. The summed E-state index contributed by atoms with van der Waals surface area (Å²) in [5.74, 6) is 1.41. The Morgan fingerprint density at radius 1 is 1.38 bits per heavy atom. The number of aliphatic imine (C=N–C) groups is 1. The third kappa shape index (κ3) is 5.90. The Balaban J connectivity index is 0.00000220. The zero-order valence-corrected chi connectivity index (χ0v) is 16.0. The molecule has 2 aliphatic heterocycles. The molecule has 2 atom stereocenters. The van der Waals surface area contributed by atoms with Gasteiger partial charge in [-0.25, -0.2) is 0 Å².